The summed E-state index contributed by atoms with van der Waals surface area (Å²) in [5.74, 6) is 0. The number of hydrogen-bond acceptors (Lipinski definition) is 3. The smallest absolute Gasteiger partial charge is 0.243 e. The summed E-state index contributed by atoms with van der Waals surface area (Å²) in [6, 6.07) is 5.34. The van der Waals surface area contributed by atoms with E-state index in [-0.39, 0.29) is 6.04 Å². The predicted molar refractivity (Wildman–Crippen MR) is 72.1 cm³/mol. The molecular formula is C13H20N2O2S. The van der Waals surface area contributed by atoms with E-state index in [1.54, 1.807) is 16.4 Å². The Morgan fingerprint density at radius 1 is 1.28 bits per heavy atom. The van der Waals surface area contributed by atoms with Gasteiger partial charge in [-0.15, -0.1) is 0 Å². The summed E-state index contributed by atoms with van der Waals surface area (Å²) in [6.07, 6.45) is 0. The quantitative estimate of drug-likeness (QED) is 0.879. The molecule has 1 aliphatic rings. The average molecular weight is 268 g/mol. The van der Waals surface area contributed by atoms with Crippen LogP contribution in [0.2, 0.25) is 0 Å². The molecule has 0 bridgehead atoms. The van der Waals surface area contributed by atoms with Gasteiger partial charge >= 0.3 is 0 Å². The lowest BCUT2D eigenvalue weighted by Gasteiger charge is -2.32. The molecule has 4 nitrogen and oxygen atoms in total. The second kappa shape index (κ2) is 4.99. The Morgan fingerprint density at radius 3 is 2.61 bits per heavy atom. The second-order valence-electron chi connectivity index (χ2n) is 4.91. The molecule has 1 saturated heterocycles. The lowest BCUT2D eigenvalue weighted by Crippen LogP contribution is -2.52. The van der Waals surface area contributed by atoms with Crippen molar-refractivity contribution in [2.75, 3.05) is 19.6 Å². The average Bonchev–Trinajstić information content (AvgIpc) is 2.33. The molecule has 0 aliphatic carbocycles. The van der Waals surface area contributed by atoms with Gasteiger partial charge in [-0.1, -0.05) is 6.07 Å². The molecule has 5 heteroatoms. The topological polar surface area (TPSA) is 49.4 Å². The summed E-state index contributed by atoms with van der Waals surface area (Å²) in [5, 5.41) is 3.20. The van der Waals surface area contributed by atoms with Crippen LogP contribution >= 0.6 is 0 Å². The van der Waals surface area contributed by atoms with Crippen LogP contribution in [0.25, 0.3) is 0 Å². The minimum Gasteiger partial charge on any atom is -0.314 e. The number of piperazine rings is 1. The monoisotopic (exact) mass is 268 g/mol. The third kappa shape index (κ3) is 2.43. The zero-order valence-corrected chi connectivity index (χ0v) is 11.9. The first kappa shape index (κ1) is 13.5. The first-order chi connectivity index (χ1) is 8.43. The molecular weight excluding hydrogens is 248 g/mol. The zero-order chi connectivity index (χ0) is 13.3. The third-order valence-electron chi connectivity index (χ3n) is 3.53. The fraction of sp³-hybridized carbons (Fsp3) is 0.538. The van der Waals surface area contributed by atoms with Crippen LogP contribution in [0.3, 0.4) is 0 Å². The first-order valence-corrected chi connectivity index (χ1v) is 7.67. The van der Waals surface area contributed by atoms with Gasteiger partial charge < -0.3 is 5.32 Å². The molecule has 0 saturated carbocycles. The van der Waals surface area contributed by atoms with Gasteiger partial charge in [0, 0.05) is 25.7 Å². The van der Waals surface area contributed by atoms with E-state index in [9.17, 15) is 8.42 Å². The Hall–Kier alpha value is -0.910. The van der Waals surface area contributed by atoms with E-state index in [1.165, 1.54) is 0 Å². The molecule has 1 aliphatic heterocycles. The zero-order valence-electron chi connectivity index (χ0n) is 11.1. The number of hydrogen-bond donors (Lipinski definition) is 1. The highest BCUT2D eigenvalue weighted by molar-refractivity contribution is 7.89. The van der Waals surface area contributed by atoms with Crippen molar-refractivity contribution in [3.63, 3.8) is 0 Å². The number of aryl methyl sites for hydroxylation is 2. The Balaban J connectivity index is 2.37. The number of nitrogens with one attached hydrogen (secondary N) is 1. The lowest BCUT2D eigenvalue weighted by atomic mass is 10.1. The number of sulfonamides is 1. The van der Waals surface area contributed by atoms with Crippen molar-refractivity contribution in [2.24, 2.45) is 0 Å². The minimum absolute atomic E-state index is 0.00496. The molecule has 100 valence electrons. The maximum absolute atomic E-state index is 12.6. The van der Waals surface area contributed by atoms with E-state index in [1.807, 2.05) is 26.8 Å². The van der Waals surface area contributed by atoms with Crippen LogP contribution in [0, 0.1) is 13.8 Å². The van der Waals surface area contributed by atoms with E-state index < -0.39 is 10.0 Å². The van der Waals surface area contributed by atoms with Gasteiger partial charge in [-0.3, -0.25) is 0 Å². The molecule has 1 fully saturated rings. The third-order valence-corrected chi connectivity index (χ3v) is 5.53. The molecule has 18 heavy (non-hydrogen) atoms. The molecule has 1 aromatic rings. The van der Waals surface area contributed by atoms with Crippen molar-refractivity contribution in [1.29, 1.82) is 0 Å². The fourth-order valence-corrected chi connectivity index (χ4v) is 3.91. The molecule has 2 rings (SSSR count). The van der Waals surface area contributed by atoms with E-state index in [4.69, 9.17) is 0 Å². The van der Waals surface area contributed by atoms with Gasteiger partial charge in [0.25, 0.3) is 0 Å². The summed E-state index contributed by atoms with van der Waals surface area (Å²) < 4.78 is 26.7. The Labute approximate surface area is 109 Å². The summed E-state index contributed by atoms with van der Waals surface area (Å²) >= 11 is 0. The van der Waals surface area contributed by atoms with Gasteiger partial charge in [0.1, 0.15) is 0 Å². The highest BCUT2D eigenvalue weighted by Gasteiger charge is 2.30. The predicted octanol–water partition coefficient (Wildman–Crippen LogP) is 1.29. The van der Waals surface area contributed by atoms with Crippen LogP contribution in [0.4, 0.5) is 0 Å². The van der Waals surface area contributed by atoms with Crippen LogP contribution in [-0.2, 0) is 10.0 Å². The van der Waals surface area contributed by atoms with E-state index in [0.29, 0.717) is 24.5 Å². The van der Waals surface area contributed by atoms with Crippen LogP contribution in [0.1, 0.15) is 18.1 Å². The van der Waals surface area contributed by atoms with Crippen molar-refractivity contribution in [1.82, 2.24) is 9.62 Å². The molecule has 1 atom stereocenters. The Morgan fingerprint density at radius 2 is 2.00 bits per heavy atom. The molecule has 1 heterocycles. The number of nitrogens with zero attached hydrogens (tertiary/aromatic N) is 1. The van der Waals surface area contributed by atoms with Crippen molar-refractivity contribution < 1.29 is 8.42 Å². The summed E-state index contributed by atoms with van der Waals surface area (Å²) in [7, 11) is -3.36. The summed E-state index contributed by atoms with van der Waals surface area (Å²) in [4.78, 5) is 0.402. The summed E-state index contributed by atoms with van der Waals surface area (Å²) in [5.41, 5.74) is 2.13. The maximum Gasteiger partial charge on any atom is 0.243 e. The molecule has 1 aromatic carbocycles. The van der Waals surface area contributed by atoms with Gasteiger partial charge in [-0.2, -0.15) is 4.31 Å². The molecule has 0 aromatic heterocycles. The molecule has 1 N–H and O–H groups in total. The highest BCUT2D eigenvalue weighted by Crippen LogP contribution is 2.21. The van der Waals surface area contributed by atoms with Gasteiger partial charge in [0.2, 0.25) is 10.0 Å². The maximum atomic E-state index is 12.6. The van der Waals surface area contributed by atoms with E-state index >= 15 is 0 Å². The van der Waals surface area contributed by atoms with Gasteiger partial charge in [0.05, 0.1) is 4.90 Å². The second-order valence-corrected chi connectivity index (χ2v) is 6.81. The standard InChI is InChI=1S/C13H20N2O2S/c1-10-4-5-13(8-11(10)2)18(16,17)15-7-6-14-9-12(15)3/h4-5,8,12,14H,6-7,9H2,1-3H3/t12-/m1/s1. The SMILES string of the molecule is Cc1ccc(S(=O)(=O)N2CCNC[C@H]2C)cc1C. The Kier molecular flexibility index (Phi) is 3.75. The van der Waals surface area contributed by atoms with Crippen molar-refractivity contribution in [3.8, 4) is 0 Å². The number of rotatable bonds is 2. The summed E-state index contributed by atoms with van der Waals surface area (Å²) in [6.45, 7) is 7.83. The van der Waals surface area contributed by atoms with Crippen LogP contribution < -0.4 is 5.32 Å². The van der Waals surface area contributed by atoms with Crippen molar-refractivity contribution in [3.05, 3.63) is 29.3 Å². The molecule has 0 amide bonds. The molecule has 0 spiro atoms. The van der Waals surface area contributed by atoms with Gasteiger partial charge in [-0.25, -0.2) is 8.42 Å². The van der Waals surface area contributed by atoms with Crippen molar-refractivity contribution in [2.45, 2.75) is 31.7 Å². The van der Waals surface area contributed by atoms with E-state index in [2.05, 4.69) is 5.32 Å². The normalized spacial score (nSPS) is 22.1. The highest BCUT2D eigenvalue weighted by atomic mass is 32.2. The van der Waals surface area contributed by atoms with Crippen LogP contribution in [-0.4, -0.2) is 38.4 Å². The molecule has 0 unspecified atom stereocenters. The lowest BCUT2D eigenvalue weighted by molar-refractivity contribution is 0.284. The number of benzene rings is 1. The van der Waals surface area contributed by atoms with Crippen LogP contribution in [0.5, 0.6) is 0 Å². The van der Waals surface area contributed by atoms with Crippen LogP contribution in [0.15, 0.2) is 23.1 Å². The Bertz CT molecular complexity index is 540. The van der Waals surface area contributed by atoms with Gasteiger partial charge in [0.15, 0.2) is 0 Å². The van der Waals surface area contributed by atoms with E-state index in [0.717, 1.165) is 11.1 Å². The molecule has 0 radical (unpaired) electrons. The van der Waals surface area contributed by atoms with Gasteiger partial charge in [-0.05, 0) is 44.0 Å². The van der Waals surface area contributed by atoms with Crippen molar-refractivity contribution >= 4 is 10.0 Å². The first-order valence-electron chi connectivity index (χ1n) is 6.23. The minimum atomic E-state index is -3.36. The fourth-order valence-electron chi connectivity index (χ4n) is 2.19. The largest absolute Gasteiger partial charge is 0.314 e.